The quantitative estimate of drug-likeness (QED) is 0.840. The highest BCUT2D eigenvalue weighted by Crippen LogP contribution is 2.14. The van der Waals surface area contributed by atoms with E-state index in [0.717, 1.165) is 6.42 Å². The van der Waals surface area contributed by atoms with Gasteiger partial charge in [0.1, 0.15) is 0 Å². The molecule has 0 aromatic heterocycles. The van der Waals surface area contributed by atoms with Crippen LogP contribution in [0.2, 0.25) is 0 Å². The van der Waals surface area contributed by atoms with Gasteiger partial charge in [-0.05, 0) is 53.3 Å². The maximum atomic E-state index is 5.87. The molecule has 0 saturated heterocycles. The van der Waals surface area contributed by atoms with Crippen LogP contribution in [0.1, 0.15) is 18.0 Å². The maximum Gasteiger partial charge on any atom is 0.0306 e. The van der Waals surface area contributed by atoms with E-state index in [-0.39, 0.29) is 18.4 Å². The Morgan fingerprint density at radius 2 is 1.77 bits per heavy atom. The Labute approximate surface area is 98.6 Å². The van der Waals surface area contributed by atoms with E-state index in [1.807, 2.05) is 0 Å². The summed E-state index contributed by atoms with van der Waals surface area (Å²) in [5, 5.41) is 0. The van der Waals surface area contributed by atoms with Crippen molar-refractivity contribution >= 4 is 35.0 Å². The van der Waals surface area contributed by atoms with Crippen molar-refractivity contribution in [3.8, 4) is 0 Å². The van der Waals surface area contributed by atoms with Gasteiger partial charge in [-0.25, -0.2) is 0 Å². The zero-order valence-corrected chi connectivity index (χ0v) is 10.2. The SMILES string of the molecule is Cl.NCC[C@@H](N)c1ccc(I)cc1. The Kier molecular flexibility index (Phi) is 6.67. The zero-order valence-electron chi connectivity index (χ0n) is 7.24. The number of nitrogens with two attached hydrogens (primary N) is 2. The largest absolute Gasteiger partial charge is 0.330 e. The second-order valence-corrected chi connectivity index (χ2v) is 3.98. The summed E-state index contributed by atoms with van der Waals surface area (Å²) < 4.78 is 1.23. The molecule has 0 amide bonds. The molecule has 1 rings (SSSR count). The molecule has 74 valence electrons. The lowest BCUT2D eigenvalue weighted by molar-refractivity contribution is 0.661. The molecule has 0 heterocycles. The summed E-state index contributed by atoms with van der Waals surface area (Å²) in [6.45, 7) is 0.646. The van der Waals surface area contributed by atoms with Gasteiger partial charge in [0.2, 0.25) is 0 Å². The first-order valence-electron chi connectivity index (χ1n) is 3.95. The third kappa shape index (κ3) is 4.26. The first kappa shape index (κ1) is 13.2. The molecule has 2 nitrogen and oxygen atoms in total. The second-order valence-electron chi connectivity index (χ2n) is 2.74. The summed E-state index contributed by atoms with van der Waals surface area (Å²) >= 11 is 2.28. The van der Waals surface area contributed by atoms with Crippen LogP contribution in [-0.4, -0.2) is 6.54 Å². The van der Waals surface area contributed by atoms with Crippen molar-refractivity contribution in [3.05, 3.63) is 33.4 Å². The Bertz CT molecular complexity index is 238. The molecule has 0 radical (unpaired) electrons. The molecular weight excluding hydrogens is 298 g/mol. The third-order valence-corrected chi connectivity index (χ3v) is 2.49. The van der Waals surface area contributed by atoms with Crippen molar-refractivity contribution in [2.45, 2.75) is 12.5 Å². The molecule has 13 heavy (non-hydrogen) atoms. The third-order valence-electron chi connectivity index (χ3n) is 1.78. The molecule has 4 N–H and O–H groups in total. The summed E-state index contributed by atoms with van der Waals surface area (Å²) in [7, 11) is 0. The Hall–Kier alpha value is 0.160. The van der Waals surface area contributed by atoms with Crippen molar-refractivity contribution in [1.29, 1.82) is 0 Å². The zero-order chi connectivity index (χ0) is 8.97. The molecule has 1 aromatic rings. The average Bonchev–Trinajstić information content (AvgIpc) is 2.06. The lowest BCUT2D eigenvalue weighted by Gasteiger charge is -2.09. The van der Waals surface area contributed by atoms with Crippen LogP contribution < -0.4 is 11.5 Å². The lowest BCUT2D eigenvalue weighted by Crippen LogP contribution is -2.15. The smallest absolute Gasteiger partial charge is 0.0306 e. The molecule has 0 bridgehead atoms. The predicted molar refractivity (Wildman–Crippen MR) is 67.0 cm³/mol. The van der Waals surface area contributed by atoms with Crippen molar-refractivity contribution in [3.63, 3.8) is 0 Å². The van der Waals surface area contributed by atoms with Gasteiger partial charge in [-0.2, -0.15) is 0 Å². The Morgan fingerprint density at radius 3 is 2.23 bits per heavy atom. The van der Waals surface area contributed by atoms with Crippen molar-refractivity contribution < 1.29 is 0 Å². The first-order valence-corrected chi connectivity index (χ1v) is 5.03. The van der Waals surface area contributed by atoms with Gasteiger partial charge in [-0.15, -0.1) is 12.4 Å². The molecule has 0 aliphatic rings. The van der Waals surface area contributed by atoms with E-state index in [1.54, 1.807) is 0 Å². The summed E-state index contributed by atoms with van der Waals surface area (Å²) in [6.07, 6.45) is 0.848. The minimum atomic E-state index is 0. The number of rotatable bonds is 3. The minimum Gasteiger partial charge on any atom is -0.330 e. The van der Waals surface area contributed by atoms with Gasteiger partial charge in [-0.1, -0.05) is 12.1 Å². The molecule has 4 heteroatoms. The highest BCUT2D eigenvalue weighted by Gasteiger charge is 2.03. The Morgan fingerprint density at radius 1 is 1.23 bits per heavy atom. The fraction of sp³-hybridized carbons (Fsp3) is 0.333. The van der Waals surface area contributed by atoms with Gasteiger partial charge in [0.05, 0.1) is 0 Å². The van der Waals surface area contributed by atoms with Gasteiger partial charge in [0.25, 0.3) is 0 Å². The molecule has 0 spiro atoms. The molecule has 0 aliphatic carbocycles. The number of benzene rings is 1. The maximum absolute atomic E-state index is 5.87. The highest BCUT2D eigenvalue weighted by atomic mass is 127. The number of halogens is 2. The number of hydrogen-bond acceptors (Lipinski definition) is 2. The number of hydrogen-bond donors (Lipinski definition) is 2. The average molecular weight is 313 g/mol. The van der Waals surface area contributed by atoms with Crippen LogP contribution in [0.4, 0.5) is 0 Å². The lowest BCUT2D eigenvalue weighted by atomic mass is 10.1. The summed E-state index contributed by atoms with van der Waals surface area (Å²) in [5.74, 6) is 0. The van der Waals surface area contributed by atoms with Crippen LogP contribution in [0.3, 0.4) is 0 Å². The van der Waals surface area contributed by atoms with E-state index < -0.39 is 0 Å². The van der Waals surface area contributed by atoms with Gasteiger partial charge in [0, 0.05) is 9.61 Å². The molecule has 1 aromatic carbocycles. The van der Waals surface area contributed by atoms with E-state index in [9.17, 15) is 0 Å². The summed E-state index contributed by atoms with van der Waals surface area (Å²) in [5.41, 5.74) is 12.5. The second kappa shape index (κ2) is 6.59. The van der Waals surface area contributed by atoms with Crippen LogP contribution in [0, 0.1) is 3.57 Å². The normalized spacial score (nSPS) is 11.9. The van der Waals surface area contributed by atoms with Gasteiger partial charge < -0.3 is 11.5 Å². The monoisotopic (exact) mass is 312 g/mol. The summed E-state index contributed by atoms with van der Waals surface area (Å²) in [6, 6.07) is 8.33. The van der Waals surface area contributed by atoms with E-state index >= 15 is 0 Å². The van der Waals surface area contributed by atoms with E-state index in [1.165, 1.54) is 9.13 Å². The fourth-order valence-corrected chi connectivity index (χ4v) is 1.42. The highest BCUT2D eigenvalue weighted by molar-refractivity contribution is 14.1. The molecule has 1 atom stereocenters. The van der Waals surface area contributed by atoms with Crippen LogP contribution in [-0.2, 0) is 0 Å². The van der Waals surface area contributed by atoms with Gasteiger partial charge in [-0.3, -0.25) is 0 Å². The van der Waals surface area contributed by atoms with E-state index in [2.05, 4.69) is 46.9 Å². The molecule has 0 unspecified atom stereocenters. The molecule has 0 fully saturated rings. The van der Waals surface area contributed by atoms with Crippen molar-refractivity contribution in [2.24, 2.45) is 11.5 Å². The van der Waals surface area contributed by atoms with Crippen molar-refractivity contribution in [1.82, 2.24) is 0 Å². The molecular formula is C9H14ClIN2. The fourth-order valence-electron chi connectivity index (χ4n) is 1.06. The standard InChI is InChI=1S/C9H13IN2.ClH/c10-8-3-1-7(2-4-8)9(12)5-6-11;/h1-4,9H,5-6,11-12H2;1H/t9-;/m1./s1. The predicted octanol–water partition coefficient (Wildman–Crippen LogP) is 2.06. The van der Waals surface area contributed by atoms with E-state index in [0.29, 0.717) is 6.54 Å². The first-order chi connectivity index (χ1) is 5.74. The van der Waals surface area contributed by atoms with Crippen LogP contribution in [0.25, 0.3) is 0 Å². The van der Waals surface area contributed by atoms with Gasteiger partial charge >= 0.3 is 0 Å². The van der Waals surface area contributed by atoms with Gasteiger partial charge in [0.15, 0.2) is 0 Å². The molecule has 0 aliphatic heterocycles. The summed E-state index contributed by atoms with van der Waals surface area (Å²) in [4.78, 5) is 0. The van der Waals surface area contributed by atoms with Crippen LogP contribution in [0.5, 0.6) is 0 Å². The van der Waals surface area contributed by atoms with Crippen molar-refractivity contribution in [2.75, 3.05) is 6.54 Å². The topological polar surface area (TPSA) is 52.0 Å². The minimum absolute atomic E-state index is 0. The van der Waals surface area contributed by atoms with Crippen LogP contribution >= 0.6 is 35.0 Å². The van der Waals surface area contributed by atoms with Crippen LogP contribution in [0.15, 0.2) is 24.3 Å². The Balaban J connectivity index is 0.00000144. The van der Waals surface area contributed by atoms with E-state index in [4.69, 9.17) is 11.5 Å². The molecule has 0 saturated carbocycles.